The van der Waals surface area contributed by atoms with Gasteiger partial charge < -0.3 is 4.90 Å². The Morgan fingerprint density at radius 1 is 0.750 bits per heavy atom. The highest BCUT2D eigenvalue weighted by Gasteiger charge is 2.37. The molecule has 1 heteroatoms. The van der Waals surface area contributed by atoms with Crippen molar-refractivity contribution in [2.24, 2.45) is 0 Å². The zero-order chi connectivity index (χ0) is 19.1. The molecule has 24 heavy (non-hydrogen) atoms. The number of benzene rings is 1. The molecular weight excluding hydrogens is 290 g/mol. The molecule has 0 aliphatic heterocycles. The normalized spacial score (nSPS) is 14.0. The van der Waals surface area contributed by atoms with Crippen molar-refractivity contribution in [2.45, 2.75) is 111 Å². The Balaban J connectivity index is 3.72. The molecule has 0 heterocycles. The van der Waals surface area contributed by atoms with E-state index in [0.717, 1.165) is 6.42 Å². The second-order valence-electron chi connectivity index (χ2n) is 10.9. The van der Waals surface area contributed by atoms with Gasteiger partial charge in [-0.25, -0.2) is 0 Å². The quantitative estimate of drug-likeness (QED) is 0.572. The summed E-state index contributed by atoms with van der Waals surface area (Å²) >= 11 is 0. The lowest BCUT2D eigenvalue weighted by Gasteiger charge is -2.50. The molecule has 0 radical (unpaired) electrons. The van der Waals surface area contributed by atoms with Gasteiger partial charge in [-0.1, -0.05) is 60.6 Å². The van der Waals surface area contributed by atoms with Gasteiger partial charge in [0.15, 0.2) is 0 Å². The van der Waals surface area contributed by atoms with Crippen LogP contribution in [0.5, 0.6) is 0 Å². The summed E-state index contributed by atoms with van der Waals surface area (Å²) in [5.41, 5.74) is 4.72. The highest BCUT2D eigenvalue weighted by molar-refractivity contribution is 5.61. The predicted octanol–water partition coefficient (Wildman–Crippen LogP) is 7.08. The Morgan fingerprint density at radius 3 is 1.58 bits per heavy atom. The molecule has 0 aliphatic carbocycles. The van der Waals surface area contributed by atoms with Crippen LogP contribution >= 0.6 is 0 Å². The fraction of sp³-hybridized carbons (Fsp3) is 0.739. The van der Waals surface area contributed by atoms with Crippen molar-refractivity contribution < 1.29 is 0 Å². The van der Waals surface area contributed by atoms with E-state index in [4.69, 9.17) is 0 Å². The average molecular weight is 332 g/mol. The SMILES string of the molecule is CCC(C)(C)N(c1ccc(C(C)(C)C)cc1C(C)(C)C)C(C)(C)C. The van der Waals surface area contributed by atoms with Crippen LogP contribution in [0.3, 0.4) is 0 Å². The fourth-order valence-corrected chi connectivity index (χ4v) is 3.55. The third kappa shape index (κ3) is 4.55. The summed E-state index contributed by atoms with van der Waals surface area (Å²) in [6.07, 6.45) is 1.12. The summed E-state index contributed by atoms with van der Waals surface area (Å²) in [7, 11) is 0. The highest BCUT2D eigenvalue weighted by Crippen LogP contribution is 2.42. The van der Waals surface area contributed by atoms with Gasteiger partial charge in [0.2, 0.25) is 0 Å². The smallest absolute Gasteiger partial charge is 0.0413 e. The Kier molecular flexibility index (Phi) is 5.61. The van der Waals surface area contributed by atoms with Crippen molar-refractivity contribution in [1.82, 2.24) is 0 Å². The number of hydrogen-bond donors (Lipinski definition) is 0. The second-order valence-corrected chi connectivity index (χ2v) is 10.9. The molecule has 138 valence electrons. The monoisotopic (exact) mass is 331 g/mol. The van der Waals surface area contributed by atoms with Crippen LogP contribution in [0.25, 0.3) is 0 Å². The topological polar surface area (TPSA) is 3.24 Å². The molecule has 1 rings (SSSR count). The van der Waals surface area contributed by atoms with E-state index in [1.165, 1.54) is 16.8 Å². The van der Waals surface area contributed by atoms with E-state index < -0.39 is 0 Å². The molecule has 1 aromatic carbocycles. The molecule has 0 aromatic heterocycles. The van der Waals surface area contributed by atoms with Gasteiger partial charge in [0.25, 0.3) is 0 Å². The highest BCUT2D eigenvalue weighted by atomic mass is 15.2. The molecule has 0 atom stereocenters. The minimum Gasteiger partial charge on any atom is -0.361 e. The van der Waals surface area contributed by atoms with Crippen LogP contribution in [0, 0.1) is 0 Å². The Morgan fingerprint density at radius 2 is 1.25 bits per heavy atom. The van der Waals surface area contributed by atoms with Crippen molar-refractivity contribution in [3.63, 3.8) is 0 Å². The van der Waals surface area contributed by atoms with E-state index in [-0.39, 0.29) is 21.9 Å². The first kappa shape index (κ1) is 21.1. The lowest BCUT2D eigenvalue weighted by atomic mass is 9.78. The average Bonchev–Trinajstić information content (AvgIpc) is 2.34. The molecule has 0 fully saturated rings. The van der Waals surface area contributed by atoms with Crippen molar-refractivity contribution in [3.05, 3.63) is 29.3 Å². The minimum atomic E-state index is 0.0722. The summed E-state index contributed by atoms with van der Waals surface area (Å²) in [4.78, 5) is 2.63. The molecule has 0 amide bonds. The molecule has 0 saturated carbocycles. The first-order valence-corrected chi connectivity index (χ1v) is 9.47. The molecule has 0 bridgehead atoms. The molecule has 0 saturated heterocycles. The van der Waals surface area contributed by atoms with Crippen LogP contribution < -0.4 is 4.90 Å². The van der Waals surface area contributed by atoms with Gasteiger partial charge >= 0.3 is 0 Å². The minimum absolute atomic E-state index is 0.0722. The maximum absolute atomic E-state index is 2.63. The van der Waals surface area contributed by atoms with E-state index >= 15 is 0 Å². The summed E-state index contributed by atoms with van der Waals surface area (Å²) in [5.74, 6) is 0. The molecular formula is C23H41N. The zero-order valence-electron chi connectivity index (χ0n) is 18.4. The van der Waals surface area contributed by atoms with Crippen molar-refractivity contribution in [2.75, 3.05) is 4.90 Å². The first-order valence-electron chi connectivity index (χ1n) is 9.47. The zero-order valence-corrected chi connectivity index (χ0v) is 18.4. The Labute approximate surface area is 151 Å². The van der Waals surface area contributed by atoms with E-state index in [1.807, 2.05) is 0 Å². The van der Waals surface area contributed by atoms with Crippen molar-refractivity contribution in [3.8, 4) is 0 Å². The summed E-state index contributed by atoms with van der Waals surface area (Å²) < 4.78 is 0. The number of nitrogens with zero attached hydrogens (tertiary/aromatic N) is 1. The van der Waals surface area contributed by atoms with Crippen LogP contribution in [0.1, 0.15) is 101 Å². The molecule has 0 spiro atoms. The molecule has 0 unspecified atom stereocenters. The summed E-state index contributed by atoms with van der Waals surface area (Å²) in [5, 5.41) is 0. The van der Waals surface area contributed by atoms with Crippen molar-refractivity contribution >= 4 is 5.69 Å². The van der Waals surface area contributed by atoms with Crippen LogP contribution in [-0.2, 0) is 10.8 Å². The predicted molar refractivity (Wildman–Crippen MR) is 110 cm³/mol. The number of rotatable bonds is 3. The maximum Gasteiger partial charge on any atom is 0.0413 e. The van der Waals surface area contributed by atoms with Gasteiger partial charge in [-0.05, 0) is 69.1 Å². The molecule has 0 N–H and O–H groups in total. The summed E-state index contributed by atoms with van der Waals surface area (Å²) in [6.45, 7) is 27.9. The van der Waals surface area contributed by atoms with E-state index in [2.05, 4.69) is 106 Å². The Hall–Kier alpha value is -0.980. The number of hydrogen-bond acceptors (Lipinski definition) is 1. The van der Waals surface area contributed by atoms with Gasteiger partial charge in [0, 0.05) is 16.8 Å². The first-order chi connectivity index (χ1) is 10.5. The second kappa shape index (κ2) is 6.39. The third-order valence-electron chi connectivity index (χ3n) is 5.05. The van der Waals surface area contributed by atoms with Gasteiger partial charge in [-0.2, -0.15) is 0 Å². The van der Waals surface area contributed by atoms with Crippen molar-refractivity contribution in [1.29, 1.82) is 0 Å². The van der Waals surface area contributed by atoms with E-state index in [9.17, 15) is 0 Å². The largest absolute Gasteiger partial charge is 0.361 e. The van der Waals surface area contributed by atoms with Gasteiger partial charge in [0.1, 0.15) is 0 Å². The molecule has 1 aromatic rings. The third-order valence-corrected chi connectivity index (χ3v) is 5.05. The lowest BCUT2D eigenvalue weighted by Crippen LogP contribution is -2.55. The Bertz CT molecular complexity index is 559. The fourth-order valence-electron chi connectivity index (χ4n) is 3.55. The van der Waals surface area contributed by atoms with Crippen LogP contribution in [0.2, 0.25) is 0 Å². The molecule has 1 nitrogen and oxygen atoms in total. The lowest BCUT2D eigenvalue weighted by molar-refractivity contribution is 0.346. The van der Waals surface area contributed by atoms with Gasteiger partial charge in [0.05, 0.1) is 0 Å². The van der Waals surface area contributed by atoms with Crippen LogP contribution in [0.4, 0.5) is 5.69 Å². The van der Waals surface area contributed by atoms with Gasteiger partial charge in [-0.15, -0.1) is 0 Å². The van der Waals surface area contributed by atoms with E-state index in [1.54, 1.807) is 0 Å². The summed E-state index contributed by atoms with van der Waals surface area (Å²) in [6, 6.07) is 7.14. The maximum atomic E-state index is 2.63. The van der Waals surface area contributed by atoms with Crippen LogP contribution in [-0.4, -0.2) is 11.1 Å². The number of anilines is 1. The molecule has 0 aliphatic rings. The van der Waals surface area contributed by atoms with E-state index in [0.29, 0.717) is 0 Å². The van der Waals surface area contributed by atoms with Gasteiger partial charge in [-0.3, -0.25) is 0 Å². The standard InChI is InChI=1S/C23H41N/c1-13-23(11,12)24(22(8,9)10)19-15-14-17(20(2,3)4)16-18(19)21(5,6)7/h14-16H,13H2,1-12H3. The van der Waals surface area contributed by atoms with Crippen LogP contribution in [0.15, 0.2) is 18.2 Å².